The molecule has 1 N–H and O–H groups in total. The van der Waals surface area contributed by atoms with Gasteiger partial charge in [-0.3, -0.25) is 0 Å². The number of hydrogen-bond donors (Lipinski definition) is 1. The van der Waals surface area contributed by atoms with Crippen molar-refractivity contribution in [2.75, 3.05) is 0 Å². The Balaban J connectivity index is 2.53. The molecule has 0 aromatic carbocycles. The van der Waals surface area contributed by atoms with Gasteiger partial charge in [-0.2, -0.15) is 0 Å². The first-order valence-electron chi connectivity index (χ1n) is 3.56. The highest BCUT2D eigenvalue weighted by atomic mass is 16.3. The van der Waals surface area contributed by atoms with E-state index >= 15 is 0 Å². The van der Waals surface area contributed by atoms with Crippen molar-refractivity contribution in [2.24, 2.45) is 0 Å². The Hall–Kier alpha value is -1.20. The number of aromatic nitrogens is 1. The molecular weight excluding hydrogens is 138 g/mol. The minimum absolute atomic E-state index is 0.100. The molecule has 0 saturated carbocycles. The average Bonchev–Trinajstić information content (AvgIpc) is 2.48. The molecule has 0 amide bonds. The largest absolute Gasteiger partial charge is 0.392 e. The molecule has 0 fully saturated rings. The predicted octanol–water partition coefficient (Wildman–Crippen LogP) is 1.00. The quantitative estimate of drug-likeness (QED) is 0.637. The first-order valence-corrected chi connectivity index (χ1v) is 3.56. The first kappa shape index (κ1) is 7.90. The lowest BCUT2D eigenvalue weighted by molar-refractivity contribution is 0.281. The molecule has 0 saturated heterocycles. The Kier molecular flexibility index (Phi) is 2.76. The molecule has 0 radical (unpaired) electrons. The normalized spacial score (nSPS) is 9.45. The van der Waals surface area contributed by atoms with Crippen LogP contribution in [0.15, 0.2) is 18.5 Å². The van der Waals surface area contributed by atoms with Crippen molar-refractivity contribution in [3.05, 3.63) is 24.0 Å². The summed E-state index contributed by atoms with van der Waals surface area (Å²) in [5.74, 6) is 2.56. The Morgan fingerprint density at radius 3 is 3.00 bits per heavy atom. The van der Waals surface area contributed by atoms with Gasteiger partial charge in [0.15, 0.2) is 0 Å². The molecule has 58 valence electrons. The molecule has 2 heteroatoms. The molecule has 1 heterocycles. The fraction of sp³-hybridized carbons (Fsp3) is 0.333. The SMILES string of the molecule is C#CCCn1ccc(CO)c1. The van der Waals surface area contributed by atoms with E-state index in [1.165, 1.54) is 0 Å². The van der Waals surface area contributed by atoms with Gasteiger partial charge < -0.3 is 9.67 Å². The van der Waals surface area contributed by atoms with Crippen LogP contribution in [-0.4, -0.2) is 9.67 Å². The van der Waals surface area contributed by atoms with E-state index in [4.69, 9.17) is 11.5 Å². The van der Waals surface area contributed by atoms with E-state index in [2.05, 4.69) is 5.92 Å². The van der Waals surface area contributed by atoms with Crippen molar-refractivity contribution in [3.63, 3.8) is 0 Å². The summed E-state index contributed by atoms with van der Waals surface area (Å²) in [6, 6.07) is 1.89. The Morgan fingerprint density at radius 2 is 2.45 bits per heavy atom. The molecule has 11 heavy (non-hydrogen) atoms. The first-order chi connectivity index (χ1) is 5.36. The van der Waals surface area contributed by atoms with Crippen LogP contribution < -0.4 is 0 Å². The number of nitrogens with zero attached hydrogens (tertiary/aromatic N) is 1. The summed E-state index contributed by atoms with van der Waals surface area (Å²) in [6.45, 7) is 0.930. The number of rotatable bonds is 3. The van der Waals surface area contributed by atoms with Crippen LogP contribution in [0, 0.1) is 12.3 Å². The monoisotopic (exact) mass is 149 g/mol. The zero-order chi connectivity index (χ0) is 8.10. The van der Waals surface area contributed by atoms with Crippen LogP contribution in [0.4, 0.5) is 0 Å². The standard InChI is InChI=1S/C9H11NO/c1-2-3-5-10-6-4-9(7-10)8-11/h1,4,6-7,11H,3,5,8H2. The molecule has 0 unspecified atom stereocenters. The second-order valence-corrected chi connectivity index (χ2v) is 2.37. The summed E-state index contributed by atoms with van der Waals surface area (Å²) in [5.41, 5.74) is 0.932. The highest BCUT2D eigenvalue weighted by molar-refractivity contribution is 5.08. The summed E-state index contributed by atoms with van der Waals surface area (Å²) in [5, 5.41) is 8.72. The fourth-order valence-corrected chi connectivity index (χ4v) is 0.917. The van der Waals surface area contributed by atoms with E-state index < -0.39 is 0 Å². The van der Waals surface area contributed by atoms with Gasteiger partial charge in [-0.1, -0.05) is 0 Å². The molecule has 1 aromatic heterocycles. The number of aryl methyl sites for hydroxylation is 1. The van der Waals surface area contributed by atoms with E-state index in [-0.39, 0.29) is 6.61 Å². The lowest BCUT2D eigenvalue weighted by Crippen LogP contribution is -1.92. The number of hydrogen-bond acceptors (Lipinski definition) is 1. The van der Waals surface area contributed by atoms with Crippen LogP contribution in [0.1, 0.15) is 12.0 Å². The van der Waals surface area contributed by atoms with Gasteiger partial charge in [0.25, 0.3) is 0 Å². The van der Waals surface area contributed by atoms with Crippen LogP contribution >= 0.6 is 0 Å². The third kappa shape index (κ3) is 2.14. The lowest BCUT2D eigenvalue weighted by Gasteiger charge is -1.95. The summed E-state index contributed by atoms with van der Waals surface area (Å²) in [7, 11) is 0. The van der Waals surface area contributed by atoms with E-state index in [9.17, 15) is 0 Å². The van der Waals surface area contributed by atoms with Gasteiger partial charge in [0, 0.05) is 25.4 Å². The van der Waals surface area contributed by atoms with E-state index in [0.29, 0.717) is 0 Å². The van der Waals surface area contributed by atoms with Gasteiger partial charge in [0.1, 0.15) is 0 Å². The van der Waals surface area contributed by atoms with Gasteiger partial charge in [-0.05, 0) is 11.6 Å². The molecule has 0 aliphatic carbocycles. The zero-order valence-corrected chi connectivity index (χ0v) is 6.33. The molecule has 0 aliphatic heterocycles. The van der Waals surface area contributed by atoms with Gasteiger partial charge in [-0.25, -0.2) is 0 Å². The van der Waals surface area contributed by atoms with Crippen LogP contribution in [0.2, 0.25) is 0 Å². The van der Waals surface area contributed by atoms with Crippen LogP contribution in [0.5, 0.6) is 0 Å². The smallest absolute Gasteiger partial charge is 0.0696 e. The summed E-state index contributed by atoms with van der Waals surface area (Å²) >= 11 is 0. The third-order valence-electron chi connectivity index (χ3n) is 1.51. The molecular formula is C9H11NO. The Morgan fingerprint density at radius 1 is 1.64 bits per heavy atom. The summed E-state index contributed by atoms with van der Waals surface area (Å²) in [6.07, 6.45) is 9.66. The van der Waals surface area contributed by atoms with Crippen molar-refractivity contribution in [2.45, 2.75) is 19.6 Å². The van der Waals surface area contributed by atoms with Crippen LogP contribution in [0.3, 0.4) is 0 Å². The Bertz CT molecular complexity index is 257. The number of aliphatic hydroxyl groups excluding tert-OH is 1. The minimum atomic E-state index is 0.100. The highest BCUT2D eigenvalue weighted by Crippen LogP contribution is 2.01. The van der Waals surface area contributed by atoms with Crippen LogP contribution in [-0.2, 0) is 13.2 Å². The van der Waals surface area contributed by atoms with Gasteiger partial charge in [0.2, 0.25) is 0 Å². The molecule has 1 rings (SSSR count). The zero-order valence-electron chi connectivity index (χ0n) is 6.33. The molecule has 0 aliphatic rings. The molecule has 0 spiro atoms. The molecule has 0 atom stereocenters. The van der Waals surface area contributed by atoms with Crippen molar-refractivity contribution in [1.82, 2.24) is 4.57 Å². The maximum atomic E-state index is 8.72. The van der Waals surface area contributed by atoms with Crippen molar-refractivity contribution in [3.8, 4) is 12.3 Å². The van der Waals surface area contributed by atoms with Crippen molar-refractivity contribution >= 4 is 0 Å². The molecule has 2 nitrogen and oxygen atoms in total. The highest BCUT2D eigenvalue weighted by Gasteiger charge is 1.92. The van der Waals surface area contributed by atoms with Crippen molar-refractivity contribution in [1.29, 1.82) is 0 Å². The molecule has 1 aromatic rings. The van der Waals surface area contributed by atoms with Gasteiger partial charge >= 0.3 is 0 Å². The second kappa shape index (κ2) is 3.85. The molecule has 0 bridgehead atoms. The topological polar surface area (TPSA) is 25.2 Å². The van der Waals surface area contributed by atoms with E-state index in [0.717, 1.165) is 18.5 Å². The maximum absolute atomic E-state index is 8.72. The number of terminal acetylenes is 1. The van der Waals surface area contributed by atoms with Crippen LogP contribution in [0.25, 0.3) is 0 Å². The van der Waals surface area contributed by atoms with Gasteiger partial charge in [-0.15, -0.1) is 12.3 Å². The van der Waals surface area contributed by atoms with E-state index in [1.54, 1.807) is 0 Å². The summed E-state index contributed by atoms with van der Waals surface area (Å²) < 4.78 is 1.98. The van der Waals surface area contributed by atoms with Crippen molar-refractivity contribution < 1.29 is 5.11 Å². The van der Waals surface area contributed by atoms with E-state index in [1.807, 2.05) is 23.0 Å². The maximum Gasteiger partial charge on any atom is 0.0696 e. The third-order valence-corrected chi connectivity index (χ3v) is 1.51. The second-order valence-electron chi connectivity index (χ2n) is 2.37. The van der Waals surface area contributed by atoms with Gasteiger partial charge in [0.05, 0.1) is 6.61 Å². The predicted molar refractivity (Wildman–Crippen MR) is 43.8 cm³/mol. The average molecular weight is 149 g/mol. The Labute approximate surface area is 66.5 Å². The lowest BCUT2D eigenvalue weighted by atomic mass is 10.4. The fourth-order valence-electron chi connectivity index (χ4n) is 0.917. The summed E-state index contributed by atoms with van der Waals surface area (Å²) in [4.78, 5) is 0. The number of aliphatic hydroxyl groups is 1. The minimum Gasteiger partial charge on any atom is -0.392 e.